The summed E-state index contributed by atoms with van der Waals surface area (Å²) in [7, 11) is -3.12. The number of rotatable bonds is 5. The standard InChI is InChI=1S/C16H17ClN2O5S2/c17-10-4-6-11(7-5-10)19-12-8-26(23,24)9-13(12)25-16(19)18-14(20)2-1-3-15(21)22/h4-7,12-13H,1-3,8-9H2,(H,21,22)/t12-,13+/m1/s1. The lowest BCUT2D eigenvalue weighted by Crippen LogP contribution is -2.37. The van der Waals surface area contributed by atoms with Crippen LogP contribution in [0, 0.1) is 0 Å². The number of carbonyl (C=O) groups is 2. The van der Waals surface area contributed by atoms with Gasteiger partial charge in [0, 0.05) is 28.8 Å². The van der Waals surface area contributed by atoms with E-state index in [4.69, 9.17) is 16.7 Å². The normalized spacial score (nSPS) is 25.4. The fourth-order valence-corrected chi connectivity index (χ4v) is 7.08. The maximum absolute atomic E-state index is 12.1. The number of fused-ring (bicyclic) bond motifs is 1. The van der Waals surface area contributed by atoms with Gasteiger partial charge in [0.25, 0.3) is 0 Å². The first-order valence-corrected chi connectivity index (χ1v) is 11.1. The number of anilines is 1. The molecule has 140 valence electrons. The number of carboxylic acid groups (broad SMARTS) is 1. The number of halogens is 1. The van der Waals surface area contributed by atoms with Crippen LogP contribution in [0.1, 0.15) is 19.3 Å². The zero-order chi connectivity index (χ0) is 18.9. The number of thioether (sulfide) groups is 1. The molecular formula is C16H17ClN2O5S2. The Hall–Kier alpha value is -1.58. The highest BCUT2D eigenvalue weighted by molar-refractivity contribution is 8.16. The lowest BCUT2D eigenvalue weighted by atomic mass is 10.2. The molecule has 10 heteroatoms. The van der Waals surface area contributed by atoms with E-state index in [2.05, 4.69) is 4.99 Å². The Balaban J connectivity index is 1.84. The highest BCUT2D eigenvalue weighted by atomic mass is 35.5. The van der Waals surface area contributed by atoms with Crippen LogP contribution in [-0.4, -0.2) is 53.4 Å². The zero-order valence-corrected chi connectivity index (χ0v) is 16.1. The van der Waals surface area contributed by atoms with Crippen LogP contribution < -0.4 is 4.90 Å². The van der Waals surface area contributed by atoms with Gasteiger partial charge in [0.15, 0.2) is 15.0 Å². The first-order chi connectivity index (χ1) is 12.2. The molecule has 2 heterocycles. The molecular weight excluding hydrogens is 400 g/mol. The summed E-state index contributed by atoms with van der Waals surface area (Å²) in [4.78, 5) is 28.6. The highest BCUT2D eigenvalue weighted by Crippen LogP contribution is 2.41. The molecule has 7 nitrogen and oxygen atoms in total. The van der Waals surface area contributed by atoms with E-state index >= 15 is 0 Å². The minimum absolute atomic E-state index is 0.0134. The lowest BCUT2D eigenvalue weighted by Gasteiger charge is -2.24. The third kappa shape index (κ3) is 4.39. The molecule has 1 N–H and O–H groups in total. The van der Waals surface area contributed by atoms with Crippen molar-refractivity contribution in [2.75, 3.05) is 16.4 Å². The van der Waals surface area contributed by atoms with E-state index in [1.54, 1.807) is 29.2 Å². The second-order valence-electron chi connectivity index (χ2n) is 6.18. The summed E-state index contributed by atoms with van der Waals surface area (Å²) in [5, 5.41) is 9.49. The van der Waals surface area contributed by atoms with Crippen molar-refractivity contribution < 1.29 is 23.1 Å². The maximum Gasteiger partial charge on any atom is 0.303 e. The molecule has 2 aliphatic heterocycles. The Labute approximate surface area is 160 Å². The van der Waals surface area contributed by atoms with Crippen molar-refractivity contribution in [2.45, 2.75) is 30.6 Å². The van der Waals surface area contributed by atoms with Crippen molar-refractivity contribution >= 4 is 55.9 Å². The van der Waals surface area contributed by atoms with Gasteiger partial charge in [-0.3, -0.25) is 9.59 Å². The van der Waals surface area contributed by atoms with Crippen molar-refractivity contribution in [1.82, 2.24) is 0 Å². The second-order valence-corrected chi connectivity index (χ2v) is 9.98. The number of benzene rings is 1. The number of aliphatic imine (C=N–C) groups is 1. The molecule has 2 aliphatic rings. The predicted octanol–water partition coefficient (Wildman–Crippen LogP) is 2.20. The highest BCUT2D eigenvalue weighted by Gasteiger charge is 2.49. The van der Waals surface area contributed by atoms with Crippen molar-refractivity contribution in [3.8, 4) is 0 Å². The topological polar surface area (TPSA) is 104 Å². The van der Waals surface area contributed by atoms with Gasteiger partial charge in [0.05, 0.1) is 17.5 Å². The SMILES string of the molecule is O=C(O)CCCC(=O)N=C1S[C@H]2CS(=O)(=O)C[C@H]2N1c1ccc(Cl)cc1. The van der Waals surface area contributed by atoms with Gasteiger partial charge in [-0.15, -0.1) is 0 Å². The van der Waals surface area contributed by atoms with E-state index in [1.807, 2.05) is 0 Å². The average molecular weight is 417 g/mol. The van der Waals surface area contributed by atoms with Crippen LogP contribution in [0.2, 0.25) is 5.02 Å². The molecule has 2 fully saturated rings. The Morgan fingerprint density at radius 2 is 1.92 bits per heavy atom. The number of aliphatic carboxylic acids is 1. The lowest BCUT2D eigenvalue weighted by molar-refractivity contribution is -0.137. The molecule has 1 aromatic carbocycles. The van der Waals surface area contributed by atoms with Gasteiger partial charge in [-0.05, 0) is 30.7 Å². The maximum atomic E-state index is 12.1. The van der Waals surface area contributed by atoms with Crippen molar-refractivity contribution in [3.05, 3.63) is 29.3 Å². The van der Waals surface area contributed by atoms with Gasteiger partial charge in [0.1, 0.15) is 0 Å². The quantitative estimate of drug-likeness (QED) is 0.784. The number of amides is 1. The van der Waals surface area contributed by atoms with Crippen LogP contribution in [-0.2, 0) is 19.4 Å². The first kappa shape index (κ1) is 19.2. The molecule has 1 aromatic rings. The number of carboxylic acids is 1. The van der Waals surface area contributed by atoms with Crippen molar-refractivity contribution in [1.29, 1.82) is 0 Å². The third-order valence-corrected chi connectivity index (χ3v) is 7.63. The number of nitrogens with zero attached hydrogens (tertiary/aromatic N) is 2. The van der Waals surface area contributed by atoms with Crippen LogP contribution in [0.15, 0.2) is 29.3 Å². The molecule has 0 unspecified atom stereocenters. The fraction of sp³-hybridized carbons (Fsp3) is 0.438. The molecule has 0 aliphatic carbocycles. The second kappa shape index (κ2) is 7.58. The van der Waals surface area contributed by atoms with E-state index < -0.39 is 21.7 Å². The molecule has 0 spiro atoms. The Morgan fingerprint density at radius 1 is 1.23 bits per heavy atom. The summed E-state index contributed by atoms with van der Waals surface area (Å²) in [6.45, 7) is 0. The molecule has 2 atom stereocenters. The van der Waals surface area contributed by atoms with E-state index in [0.717, 1.165) is 5.69 Å². The van der Waals surface area contributed by atoms with Crippen LogP contribution in [0.25, 0.3) is 0 Å². The monoisotopic (exact) mass is 416 g/mol. The van der Waals surface area contributed by atoms with Gasteiger partial charge in [0.2, 0.25) is 5.91 Å². The summed E-state index contributed by atoms with van der Waals surface area (Å²) in [5.74, 6) is -1.29. The zero-order valence-electron chi connectivity index (χ0n) is 13.7. The molecule has 0 bridgehead atoms. The summed E-state index contributed by atoms with van der Waals surface area (Å²) in [6.07, 6.45) is 0.171. The van der Waals surface area contributed by atoms with Crippen molar-refractivity contribution in [2.24, 2.45) is 4.99 Å². The average Bonchev–Trinajstić information content (AvgIpc) is 2.99. The van der Waals surface area contributed by atoms with Crippen molar-refractivity contribution in [3.63, 3.8) is 0 Å². The minimum Gasteiger partial charge on any atom is -0.481 e. The third-order valence-electron chi connectivity index (χ3n) is 4.17. The van der Waals surface area contributed by atoms with E-state index in [1.165, 1.54) is 11.8 Å². The Morgan fingerprint density at radius 3 is 2.58 bits per heavy atom. The Bertz CT molecular complexity index is 854. The molecule has 2 saturated heterocycles. The number of carbonyl (C=O) groups excluding carboxylic acids is 1. The van der Waals surface area contributed by atoms with Gasteiger partial charge in [-0.1, -0.05) is 23.4 Å². The van der Waals surface area contributed by atoms with Crippen LogP contribution in [0.3, 0.4) is 0 Å². The first-order valence-electron chi connectivity index (χ1n) is 8.00. The largest absolute Gasteiger partial charge is 0.481 e. The van der Waals surface area contributed by atoms with Gasteiger partial charge >= 0.3 is 5.97 Å². The number of amidine groups is 1. The summed E-state index contributed by atoms with van der Waals surface area (Å²) < 4.78 is 24.0. The van der Waals surface area contributed by atoms with Crippen LogP contribution >= 0.6 is 23.4 Å². The molecule has 3 rings (SSSR count). The van der Waals surface area contributed by atoms with Gasteiger partial charge in [-0.2, -0.15) is 4.99 Å². The minimum atomic E-state index is -3.12. The Kier molecular flexibility index (Phi) is 5.59. The number of hydrogen-bond donors (Lipinski definition) is 1. The molecule has 0 aromatic heterocycles. The van der Waals surface area contributed by atoms with Crippen LogP contribution in [0.5, 0.6) is 0 Å². The number of sulfone groups is 1. The molecule has 1 amide bonds. The molecule has 0 radical (unpaired) electrons. The number of hydrogen-bond acceptors (Lipinski definition) is 5. The van der Waals surface area contributed by atoms with E-state index in [9.17, 15) is 18.0 Å². The predicted molar refractivity (Wildman–Crippen MR) is 102 cm³/mol. The van der Waals surface area contributed by atoms with Gasteiger partial charge < -0.3 is 10.0 Å². The smallest absolute Gasteiger partial charge is 0.303 e. The molecule has 26 heavy (non-hydrogen) atoms. The summed E-state index contributed by atoms with van der Waals surface area (Å²) in [5.41, 5.74) is 0.726. The van der Waals surface area contributed by atoms with Gasteiger partial charge in [-0.25, -0.2) is 8.42 Å². The fourth-order valence-electron chi connectivity index (χ4n) is 3.02. The van der Waals surface area contributed by atoms with E-state index in [0.29, 0.717) is 10.2 Å². The summed E-state index contributed by atoms with van der Waals surface area (Å²) >= 11 is 7.21. The molecule has 0 saturated carbocycles. The van der Waals surface area contributed by atoms with E-state index in [-0.39, 0.29) is 42.1 Å². The van der Waals surface area contributed by atoms with Crippen LogP contribution in [0.4, 0.5) is 5.69 Å². The summed E-state index contributed by atoms with van der Waals surface area (Å²) in [6, 6.07) is 6.65.